The largest absolute Gasteiger partial charge is 0.492 e. The number of aliphatic hydroxyl groups is 1. The third-order valence-corrected chi connectivity index (χ3v) is 4.81. The molecule has 2 rings (SSSR count). The first-order valence-electron chi connectivity index (χ1n) is 6.11. The van der Waals surface area contributed by atoms with Crippen molar-refractivity contribution in [2.24, 2.45) is 0 Å². The summed E-state index contributed by atoms with van der Waals surface area (Å²) in [7, 11) is -3.86. The van der Waals surface area contributed by atoms with Crippen molar-refractivity contribution in [2.75, 3.05) is 11.3 Å². The van der Waals surface area contributed by atoms with E-state index in [2.05, 4.69) is 20.7 Å². The van der Waals surface area contributed by atoms with E-state index in [1.54, 1.807) is 24.3 Å². The van der Waals surface area contributed by atoms with Gasteiger partial charge in [-0.1, -0.05) is 12.1 Å². The van der Waals surface area contributed by atoms with E-state index in [1.165, 1.54) is 6.07 Å². The van der Waals surface area contributed by atoms with E-state index in [0.29, 0.717) is 18.0 Å². The van der Waals surface area contributed by atoms with Gasteiger partial charge < -0.3 is 14.3 Å². The van der Waals surface area contributed by atoms with Gasteiger partial charge in [0.15, 0.2) is 4.67 Å². The molecule has 0 aliphatic carbocycles. The number of nitrogens with one attached hydrogen (secondary N) is 1. The number of ether oxygens (including phenoxy) is 1. The molecule has 0 amide bonds. The molecule has 0 radical (unpaired) electrons. The van der Waals surface area contributed by atoms with Crippen LogP contribution in [0, 0.1) is 0 Å². The number of aliphatic hydroxyl groups excluding tert-OH is 1. The van der Waals surface area contributed by atoms with Crippen LogP contribution in [0.5, 0.6) is 5.75 Å². The van der Waals surface area contributed by atoms with Crippen molar-refractivity contribution in [3.63, 3.8) is 0 Å². The highest BCUT2D eigenvalue weighted by Gasteiger charge is 2.23. The summed E-state index contributed by atoms with van der Waals surface area (Å²) >= 11 is 3.03. The van der Waals surface area contributed by atoms with Gasteiger partial charge in [0.1, 0.15) is 23.0 Å². The van der Waals surface area contributed by atoms with Gasteiger partial charge in [-0.15, -0.1) is 0 Å². The fourth-order valence-corrected chi connectivity index (χ4v) is 3.76. The molecular formula is C13H14BrNO5S. The summed E-state index contributed by atoms with van der Waals surface area (Å²) in [6.45, 7) is 1.85. The van der Waals surface area contributed by atoms with Crippen molar-refractivity contribution in [3.05, 3.63) is 40.8 Å². The lowest BCUT2D eigenvalue weighted by atomic mass is 10.3. The second kappa shape index (κ2) is 6.50. The summed E-state index contributed by atoms with van der Waals surface area (Å²) in [6, 6.07) is 7.98. The zero-order valence-corrected chi connectivity index (χ0v) is 13.6. The molecule has 0 aliphatic rings. The van der Waals surface area contributed by atoms with E-state index in [0.717, 1.165) is 0 Å². The molecule has 0 bridgehead atoms. The molecule has 21 heavy (non-hydrogen) atoms. The smallest absolute Gasteiger partial charge is 0.266 e. The maximum absolute atomic E-state index is 12.4. The highest BCUT2D eigenvalue weighted by atomic mass is 79.9. The third kappa shape index (κ3) is 3.58. The van der Waals surface area contributed by atoms with E-state index < -0.39 is 10.0 Å². The fourth-order valence-electron chi connectivity index (χ4n) is 1.69. The Kier molecular flexibility index (Phi) is 4.92. The lowest BCUT2D eigenvalue weighted by Gasteiger charge is -2.11. The molecule has 8 heteroatoms. The van der Waals surface area contributed by atoms with Gasteiger partial charge >= 0.3 is 0 Å². The van der Waals surface area contributed by atoms with Gasteiger partial charge in [-0.25, -0.2) is 8.42 Å². The van der Waals surface area contributed by atoms with Crippen molar-refractivity contribution >= 4 is 31.6 Å². The molecule has 6 nitrogen and oxygen atoms in total. The molecule has 114 valence electrons. The van der Waals surface area contributed by atoms with Crippen LogP contribution in [0.1, 0.15) is 12.7 Å². The van der Waals surface area contributed by atoms with Crippen LogP contribution in [0.25, 0.3) is 0 Å². The lowest BCUT2D eigenvalue weighted by molar-refractivity contribution is 0.245. The van der Waals surface area contributed by atoms with Crippen LogP contribution in [0.2, 0.25) is 0 Å². The average molecular weight is 376 g/mol. The van der Waals surface area contributed by atoms with Crippen LogP contribution in [0.3, 0.4) is 0 Å². The summed E-state index contributed by atoms with van der Waals surface area (Å²) in [5, 5.41) is 9.00. The minimum absolute atomic E-state index is 0.0351. The van der Waals surface area contributed by atoms with Crippen LogP contribution in [0.15, 0.2) is 44.3 Å². The maximum Gasteiger partial charge on any atom is 0.266 e. The van der Waals surface area contributed by atoms with E-state index >= 15 is 0 Å². The Bertz CT molecular complexity index is 726. The Labute approximate surface area is 130 Å². The van der Waals surface area contributed by atoms with Crippen LogP contribution < -0.4 is 9.46 Å². The molecule has 0 saturated heterocycles. The number of anilines is 1. The maximum atomic E-state index is 12.4. The van der Waals surface area contributed by atoms with Gasteiger partial charge in [0.25, 0.3) is 10.0 Å². The third-order valence-electron chi connectivity index (χ3n) is 2.58. The molecule has 1 aromatic carbocycles. The predicted octanol–water partition coefficient (Wildman–Crippen LogP) is 2.73. The number of para-hydroxylation sites is 2. The summed E-state index contributed by atoms with van der Waals surface area (Å²) in [5.74, 6) is 0.589. The van der Waals surface area contributed by atoms with Crippen LogP contribution >= 0.6 is 15.9 Å². The second-order valence-corrected chi connectivity index (χ2v) is 6.41. The number of benzene rings is 1. The van der Waals surface area contributed by atoms with Gasteiger partial charge in [-0.05, 0) is 35.0 Å². The summed E-state index contributed by atoms with van der Waals surface area (Å²) in [4.78, 5) is -0.0853. The second-order valence-electron chi connectivity index (χ2n) is 4.04. The van der Waals surface area contributed by atoms with E-state index in [4.69, 9.17) is 14.3 Å². The monoisotopic (exact) mass is 375 g/mol. The summed E-state index contributed by atoms with van der Waals surface area (Å²) < 4.78 is 37.7. The molecule has 1 heterocycles. The Balaban J connectivity index is 2.35. The molecule has 0 aliphatic heterocycles. The van der Waals surface area contributed by atoms with Crippen LogP contribution in [0.4, 0.5) is 5.69 Å². The number of hydrogen-bond donors (Lipinski definition) is 2. The molecule has 0 unspecified atom stereocenters. The SMILES string of the molecule is CCOc1ccccc1NS(=O)(=O)c1cc(CO)oc1Br. The molecular weight excluding hydrogens is 362 g/mol. The fraction of sp³-hybridized carbons (Fsp3) is 0.231. The molecule has 1 aromatic heterocycles. The minimum atomic E-state index is -3.86. The Morgan fingerprint density at radius 3 is 2.71 bits per heavy atom. The van der Waals surface area contributed by atoms with Crippen molar-refractivity contribution in [3.8, 4) is 5.75 Å². The first-order valence-corrected chi connectivity index (χ1v) is 8.39. The van der Waals surface area contributed by atoms with Crippen LogP contribution in [-0.2, 0) is 16.6 Å². The number of halogens is 1. The molecule has 2 aromatic rings. The molecule has 0 spiro atoms. The normalized spacial score (nSPS) is 11.4. The molecule has 0 atom stereocenters. The zero-order valence-electron chi connectivity index (χ0n) is 11.2. The van der Waals surface area contributed by atoms with Crippen molar-refractivity contribution in [2.45, 2.75) is 18.4 Å². The number of hydrogen-bond acceptors (Lipinski definition) is 5. The molecule has 0 fully saturated rings. The number of rotatable bonds is 6. The number of sulfonamides is 1. The number of furan rings is 1. The van der Waals surface area contributed by atoms with Gasteiger partial charge in [0.2, 0.25) is 0 Å². The van der Waals surface area contributed by atoms with Gasteiger partial charge in [0, 0.05) is 6.07 Å². The Hall–Kier alpha value is -1.51. The minimum Gasteiger partial charge on any atom is -0.492 e. The average Bonchev–Trinajstić information content (AvgIpc) is 2.83. The van der Waals surface area contributed by atoms with Gasteiger partial charge in [-0.2, -0.15) is 0 Å². The Morgan fingerprint density at radius 1 is 1.38 bits per heavy atom. The van der Waals surface area contributed by atoms with E-state index in [-0.39, 0.29) is 21.9 Å². The lowest BCUT2D eigenvalue weighted by Crippen LogP contribution is -2.13. The first-order chi connectivity index (χ1) is 9.97. The van der Waals surface area contributed by atoms with Crippen molar-refractivity contribution in [1.82, 2.24) is 0 Å². The topological polar surface area (TPSA) is 88.8 Å². The van der Waals surface area contributed by atoms with E-state index in [1.807, 2.05) is 6.92 Å². The summed E-state index contributed by atoms with van der Waals surface area (Å²) in [5.41, 5.74) is 0.331. The van der Waals surface area contributed by atoms with Crippen LogP contribution in [-0.4, -0.2) is 20.1 Å². The first kappa shape index (κ1) is 15.9. The standard InChI is InChI=1S/C13H14BrNO5S/c1-2-19-11-6-4-3-5-10(11)15-21(17,18)12-7-9(8-16)20-13(12)14/h3-7,15-16H,2,8H2,1H3. The highest BCUT2D eigenvalue weighted by Crippen LogP contribution is 2.31. The summed E-state index contributed by atoms with van der Waals surface area (Å²) in [6.07, 6.45) is 0. The quantitative estimate of drug-likeness (QED) is 0.809. The van der Waals surface area contributed by atoms with Gasteiger partial charge in [-0.3, -0.25) is 4.72 Å². The zero-order chi connectivity index (χ0) is 15.5. The predicted molar refractivity (Wildman–Crippen MR) is 80.8 cm³/mol. The Morgan fingerprint density at radius 2 is 2.10 bits per heavy atom. The van der Waals surface area contributed by atoms with Gasteiger partial charge in [0.05, 0.1) is 12.3 Å². The van der Waals surface area contributed by atoms with Crippen molar-refractivity contribution in [1.29, 1.82) is 0 Å². The van der Waals surface area contributed by atoms with E-state index in [9.17, 15) is 8.42 Å². The molecule has 2 N–H and O–H groups in total. The van der Waals surface area contributed by atoms with Crippen molar-refractivity contribution < 1.29 is 22.7 Å². The molecule has 0 saturated carbocycles. The highest BCUT2D eigenvalue weighted by molar-refractivity contribution is 9.10.